The number of nitrogens with one attached hydrogen (secondary N) is 1. The molecule has 0 radical (unpaired) electrons. The summed E-state index contributed by atoms with van der Waals surface area (Å²) >= 11 is 4.91. The van der Waals surface area contributed by atoms with Gasteiger partial charge in [0.25, 0.3) is 0 Å². The van der Waals surface area contributed by atoms with E-state index in [1.165, 1.54) is 32.1 Å². The zero-order valence-electron chi connectivity index (χ0n) is 10.9. The van der Waals surface area contributed by atoms with Gasteiger partial charge < -0.3 is 11.1 Å². The van der Waals surface area contributed by atoms with Crippen LogP contribution in [0.3, 0.4) is 0 Å². The van der Waals surface area contributed by atoms with Crippen molar-refractivity contribution in [3.05, 3.63) is 23.9 Å². The van der Waals surface area contributed by atoms with Crippen molar-refractivity contribution >= 4 is 23.0 Å². The number of hydrogen-bond acceptors (Lipinski definition) is 3. The van der Waals surface area contributed by atoms with Gasteiger partial charge in [-0.15, -0.1) is 0 Å². The molecule has 18 heavy (non-hydrogen) atoms. The summed E-state index contributed by atoms with van der Waals surface area (Å²) in [4.78, 5) is 4.73. The third kappa shape index (κ3) is 3.42. The molecule has 2 rings (SSSR count). The van der Waals surface area contributed by atoms with Crippen molar-refractivity contribution in [2.75, 3.05) is 11.9 Å². The molecule has 0 atom stereocenters. The Morgan fingerprint density at radius 1 is 1.39 bits per heavy atom. The molecule has 0 unspecified atom stereocenters. The molecule has 1 fully saturated rings. The summed E-state index contributed by atoms with van der Waals surface area (Å²) in [6, 6.07) is 3.86. The van der Waals surface area contributed by atoms with Gasteiger partial charge in [-0.25, -0.2) is 4.98 Å². The SMILES string of the molecule is CC1(CNc2ccc(C(N)=S)cn2)CCCCC1. The first-order chi connectivity index (χ1) is 8.59. The first-order valence-corrected chi connectivity index (χ1v) is 7.00. The van der Waals surface area contributed by atoms with Gasteiger partial charge in [-0.3, -0.25) is 0 Å². The lowest BCUT2D eigenvalue weighted by atomic mass is 9.76. The quantitative estimate of drug-likeness (QED) is 0.820. The minimum absolute atomic E-state index is 0.397. The molecule has 0 spiro atoms. The van der Waals surface area contributed by atoms with E-state index in [0.29, 0.717) is 10.4 Å². The fourth-order valence-corrected chi connectivity index (χ4v) is 2.65. The van der Waals surface area contributed by atoms with Crippen LogP contribution in [-0.2, 0) is 0 Å². The zero-order chi connectivity index (χ0) is 13.0. The van der Waals surface area contributed by atoms with E-state index >= 15 is 0 Å². The fraction of sp³-hybridized carbons (Fsp3) is 0.571. The van der Waals surface area contributed by atoms with E-state index in [1.54, 1.807) is 6.20 Å². The summed E-state index contributed by atoms with van der Waals surface area (Å²) in [5.74, 6) is 0.904. The van der Waals surface area contributed by atoms with Gasteiger partial charge in [0.1, 0.15) is 10.8 Å². The van der Waals surface area contributed by atoms with Gasteiger partial charge in [-0.1, -0.05) is 38.4 Å². The third-order valence-electron chi connectivity index (χ3n) is 3.80. The van der Waals surface area contributed by atoms with Gasteiger partial charge in [-0.2, -0.15) is 0 Å². The minimum atomic E-state index is 0.397. The molecule has 1 saturated carbocycles. The van der Waals surface area contributed by atoms with Crippen LogP contribution in [0.2, 0.25) is 0 Å². The Hall–Kier alpha value is -1.16. The van der Waals surface area contributed by atoms with Crippen molar-refractivity contribution in [3.63, 3.8) is 0 Å². The molecule has 1 heterocycles. The second kappa shape index (κ2) is 5.65. The first kappa shape index (κ1) is 13.3. The van der Waals surface area contributed by atoms with E-state index in [4.69, 9.17) is 18.0 Å². The Labute approximate surface area is 114 Å². The number of nitrogens with two attached hydrogens (primary N) is 1. The van der Waals surface area contributed by atoms with E-state index in [-0.39, 0.29) is 0 Å². The zero-order valence-corrected chi connectivity index (χ0v) is 11.7. The number of nitrogens with zero attached hydrogens (tertiary/aromatic N) is 1. The average molecular weight is 263 g/mol. The van der Waals surface area contributed by atoms with Gasteiger partial charge in [0.05, 0.1) is 0 Å². The van der Waals surface area contributed by atoms with E-state index in [9.17, 15) is 0 Å². The predicted molar refractivity (Wildman–Crippen MR) is 79.8 cm³/mol. The van der Waals surface area contributed by atoms with Crippen LogP contribution in [0.25, 0.3) is 0 Å². The van der Waals surface area contributed by atoms with Gasteiger partial charge in [-0.05, 0) is 30.4 Å². The highest BCUT2D eigenvalue weighted by Gasteiger charge is 2.26. The third-order valence-corrected chi connectivity index (χ3v) is 4.04. The number of pyridine rings is 1. The molecular weight excluding hydrogens is 242 g/mol. The van der Waals surface area contributed by atoms with Crippen LogP contribution in [-0.4, -0.2) is 16.5 Å². The summed E-state index contributed by atoms with van der Waals surface area (Å²) in [6.07, 6.45) is 8.44. The highest BCUT2D eigenvalue weighted by Crippen LogP contribution is 2.35. The summed E-state index contributed by atoms with van der Waals surface area (Å²) in [5, 5.41) is 3.43. The van der Waals surface area contributed by atoms with Gasteiger partial charge in [0, 0.05) is 18.3 Å². The molecule has 1 aliphatic carbocycles. The summed E-state index contributed by atoms with van der Waals surface area (Å²) in [6.45, 7) is 3.36. The maximum absolute atomic E-state index is 5.55. The molecule has 0 aromatic carbocycles. The molecule has 0 saturated heterocycles. The average Bonchev–Trinajstić information content (AvgIpc) is 2.38. The van der Waals surface area contributed by atoms with Crippen LogP contribution < -0.4 is 11.1 Å². The second-order valence-electron chi connectivity index (χ2n) is 5.52. The normalized spacial score (nSPS) is 18.3. The molecule has 3 nitrogen and oxygen atoms in total. The molecule has 0 amide bonds. The monoisotopic (exact) mass is 263 g/mol. The summed E-state index contributed by atoms with van der Waals surface area (Å²) < 4.78 is 0. The fourth-order valence-electron chi connectivity index (χ4n) is 2.53. The molecule has 98 valence electrons. The van der Waals surface area contributed by atoms with Crippen molar-refractivity contribution in [2.45, 2.75) is 39.0 Å². The largest absolute Gasteiger partial charge is 0.389 e. The Bertz CT molecular complexity index is 408. The van der Waals surface area contributed by atoms with E-state index < -0.39 is 0 Å². The minimum Gasteiger partial charge on any atom is -0.389 e. The topological polar surface area (TPSA) is 50.9 Å². The molecule has 3 N–H and O–H groups in total. The molecule has 0 bridgehead atoms. The van der Waals surface area contributed by atoms with Gasteiger partial charge in [0.15, 0.2) is 0 Å². The van der Waals surface area contributed by atoms with Crippen molar-refractivity contribution in [3.8, 4) is 0 Å². The lowest BCUT2D eigenvalue weighted by molar-refractivity contribution is 0.233. The number of anilines is 1. The van der Waals surface area contributed by atoms with E-state index in [1.807, 2.05) is 12.1 Å². The smallest absolute Gasteiger partial charge is 0.125 e. The highest BCUT2D eigenvalue weighted by atomic mass is 32.1. The van der Waals surface area contributed by atoms with Crippen molar-refractivity contribution in [1.29, 1.82) is 0 Å². The van der Waals surface area contributed by atoms with Crippen molar-refractivity contribution in [1.82, 2.24) is 4.98 Å². The highest BCUT2D eigenvalue weighted by molar-refractivity contribution is 7.80. The first-order valence-electron chi connectivity index (χ1n) is 6.59. The molecule has 4 heteroatoms. The van der Waals surface area contributed by atoms with Crippen molar-refractivity contribution < 1.29 is 0 Å². The molecular formula is C14H21N3S. The standard InChI is InChI=1S/C14H21N3S/c1-14(7-3-2-4-8-14)10-17-12-6-5-11(9-16-12)13(15)18/h5-6,9H,2-4,7-8,10H2,1H3,(H2,15,18)(H,16,17). The Kier molecular flexibility index (Phi) is 4.17. The van der Waals surface area contributed by atoms with Gasteiger partial charge >= 0.3 is 0 Å². The van der Waals surface area contributed by atoms with Crippen LogP contribution in [0.5, 0.6) is 0 Å². The number of aromatic nitrogens is 1. The van der Waals surface area contributed by atoms with Crippen LogP contribution in [0.4, 0.5) is 5.82 Å². The lowest BCUT2D eigenvalue weighted by Gasteiger charge is -2.33. The van der Waals surface area contributed by atoms with Crippen LogP contribution >= 0.6 is 12.2 Å². The van der Waals surface area contributed by atoms with Gasteiger partial charge in [0.2, 0.25) is 0 Å². The summed E-state index contributed by atoms with van der Waals surface area (Å²) in [7, 11) is 0. The van der Waals surface area contributed by atoms with E-state index in [0.717, 1.165) is 17.9 Å². The molecule has 1 aromatic rings. The van der Waals surface area contributed by atoms with E-state index in [2.05, 4.69) is 17.2 Å². The Morgan fingerprint density at radius 2 is 2.11 bits per heavy atom. The number of hydrogen-bond donors (Lipinski definition) is 2. The molecule has 0 aliphatic heterocycles. The maximum Gasteiger partial charge on any atom is 0.125 e. The maximum atomic E-state index is 5.55. The number of thiocarbonyl (C=S) groups is 1. The Balaban J connectivity index is 1.91. The van der Waals surface area contributed by atoms with Crippen LogP contribution in [0.15, 0.2) is 18.3 Å². The van der Waals surface area contributed by atoms with Crippen LogP contribution in [0.1, 0.15) is 44.6 Å². The predicted octanol–water partition coefficient (Wildman–Crippen LogP) is 3.10. The second-order valence-corrected chi connectivity index (χ2v) is 5.96. The van der Waals surface area contributed by atoms with Crippen LogP contribution in [0, 0.1) is 5.41 Å². The molecule has 1 aliphatic rings. The molecule has 1 aromatic heterocycles. The Morgan fingerprint density at radius 3 is 2.67 bits per heavy atom. The number of rotatable bonds is 4. The lowest BCUT2D eigenvalue weighted by Crippen LogP contribution is -2.29. The van der Waals surface area contributed by atoms with Crippen molar-refractivity contribution in [2.24, 2.45) is 11.1 Å². The summed E-state index contributed by atoms with van der Waals surface area (Å²) in [5.41, 5.74) is 6.78.